The first-order chi connectivity index (χ1) is 12.2. The van der Waals surface area contributed by atoms with Crippen molar-refractivity contribution in [1.29, 1.82) is 0 Å². The summed E-state index contributed by atoms with van der Waals surface area (Å²) < 4.78 is 15.7. The first-order valence-electron chi connectivity index (χ1n) is 8.30. The molecule has 8 heteroatoms. The molecule has 136 valence electrons. The summed E-state index contributed by atoms with van der Waals surface area (Å²) in [4.78, 5) is 26.0. The maximum atomic E-state index is 12.2. The number of aliphatic hydroxyl groups is 1. The van der Waals surface area contributed by atoms with Gasteiger partial charge in [-0.25, -0.2) is 0 Å². The van der Waals surface area contributed by atoms with Crippen LogP contribution in [-0.4, -0.2) is 61.5 Å². The highest BCUT2D eigenvalue weighted by Crippen LogP contribution is 2.33. The minimum Gasteiger partial charge on any atom is -0.454 e. The van der Waals surface area contributed by atoms with E-state index in [1.807, 2.05) is 18.2 Å². The fourth-order valence-electron chi connectivity index (χ4n) is 2.92. The van der Waals surface area contributed by atoms with E-state index in [1.165, 1.54) is 0 Å². The van der Waals surface area contributed by atoms with E-state index in [0.717, 1.165) is 5.56 Å². The first kappa shape index (κ1) is 17.5. The molecule has 1 unspecified atom stereocenters. The van der Waals surface area contributed by atoms with Crippen LogP contribution in [0.15, 0.2) is 18.2 Å². The van der Waals surface area contributed by atoms with Crippen LogP contribution in [0.2, 0.25) is 0 Å². The second kappa shape index (κ2) is 8.17. The molecule has 1 aromatic rings. The molecule has 0 radical (unpaired) electrons. The van der Waals surface area contributed by atoms with E-state index < -0.39 is 0 Å². The monoisotopic (exact) mass is 350 g/mol. The lowest BCUT2D eigenvalue weighted by Crippen LogP contribution is -2.34. The van der Waals surface area contributed by atoms with Crippen molar-refractivity contribution >= 4 is 11.8 Å². The fraction of sp³-hybridized carbons (Fsp3) is 0.529. The molecular formula is C17H22N2O6. The number of benzene rings is 1. The molecule has 2 N–H and O–H groups in total. The summed E-state index contributed by atoms with van der Waals surface area (Å²) in [7, 11) is 0. The molecule has 1 saturated heterocycles. The Labute approximate surface area is 145 Å². The van der Waals surface area contributed by atoms with Gasteiger partial charge in [-0.15, -0.1) is 0 Å². The van der Waals surface area contributed by atoms with Crippen molar-refractivity contribution in [3.8, 4) is 11.5 Å². The number of likely N-dealkylation sites (tertiary alicyclic amines) is 1. The fourth-order valence-corrected chi connectivity index (χ4v) is 2.92. The van der Waals surface area contributed by atoms with E-state index in [4.69, 9.17) is 19.3 Å². The molecule has 2 amide bonds. The topological polar surface area (TPSA) is 97.3 Å². The Morgan fingerprint density at radius 3 is 3.00 bits per heavy atom. The summed E-state index contributed by atoms with van der Waals surface area (Å²) in [5.41, 5.74) is 0.941. The van der Waals surface area contributed by atoms with E-state index in [0.29, 0.717) is 37.7 Å². The molecule has 0 bridgehead atoms. The number of ether oxygens (including phenoxy) is 3. The van der Waals surface area contributed by atoms with Crippen molar-refractivity contribution in [3.63, 3.8) is 0 Å². The molecular weight excluding hydrogens is 328 g/mol. The zero-order chi connectivity index (χ0) is 17.6. The van der Waals surface area contributed by atoms with E-state index in [9.17, 15) is 9.59 Å². The quantitative estimate of drug-likeness (QED) is 0.635. The second-order valence-electron chi connectivity index (χ2n) is 5.99. The molecule has 2 aliphatic rings. The predicted molar refractivity (Wildman–Crippen MR) is 87.0 cm³/mol. The van der Waals surface area contributed by atoms with Gasteiger partial charge in [-0.3, -0.25) is 9.59 Å². The zero-order valence-corrected chi connectivity index (χ0v) is 13.9. The van der Waals surface area contributed by atoms with Gasteiger partial charge < -0.3 is 29.5 Å². The number of nitrogens with one attached hydrogen (secondary N) is 1. The lowest BCUT2D eigenvalue weighted by molar-refractivity contribution is -0.129. The summed E-state index contributed by atoms with van der Waals surface area (Å²) in [5.74, 6) is 0.862. The average Bonchev–Trinajstić information content (AvgIpc) is 3.21. The third kappa shape index (κ3) is 4.40. The molecule has 8 nitrogen and oxygen atoms in total. The van der Waals surface area contributed by atoms with Crippen LogP contribution in [-0.2, 0) is 20.9 Å². The lowest BCUT2D eigenvalue weighted by atomic mass is 10.1. The van der Waals surface area contributed by atoms with E-state index in [2.05, 4.69) is 5.32 Å². The SMILES string of the molecule is O=C(NCCOCCO)C1CC(=O)N(Cc2ccc3c(c2)OCO3)C1. The van der Waals surface area contributed by atoms with Gasteiger partial charge in [0.2, 0.25) is 18.6 Å². The largest absolute Gasteiger partial charge is 0.454 e. The minimum atomic E-state index is -0.348. The number of rotatable bonds is 8. The van der Waals surface area contributed by atoms with Gasteiger partial charge in [0.1, 0.15) is 0 Å². The summed E-state index contributed by atoms with van der Waals surface area (Å²) in [5, 5.41) is 11.4. The van der Waals surface area contributed by atoms with Gasteiger partial charge >= 0.3 is 0 Å². The maximum absolute atomic E-state index is 12.2. The lowest BCUT2D eigenvalue weighted by Gasteiger charge is -2.17. The van der Waals surface area contributed by atoms with Crippen molar-refractivity contribution in [2.75, 3.05) is 39.7 Å². The molecule has 0 spiro atoms. The average molecular weight is 350 g/mol. The van der Waals surface area contributed by atoms with Crippen molar-refractivity contribution < 1.29 is 28.9 Å². The predicted octanol–water partition coefficient (Wildman–Crippen LogP) is -0.111. The Hall–Kier alpha value is -2.32. The van der Waals surface area contributed by atoms with Crippen LogP contribution in [0.25, 0.3) is 0 Å². The summed E-state index contributed by atoms with van der Waals surface area (Å²) >= 11 is 0. The molecule has 0 saturated carbocycles. The third-order valence-electron chi connectivity index (χ3n) is 4.18. The van der Waals surface area contributed by atoms with Gasteiger partial charge in [0.05, 0.1) is 25.7 Å². The van der Waals surface area contributed by atoms with Crippen molar-refractivity contribution in [2.45, 2.75) is 13.0 Å². The number of aliphatic hydroxyl groups excluding tert-OH is 1. The Balaban J connectivity index is 1.48. The normalized spacial score (nSPS) is 18.7. The van der Waals surface area contributed by atoms with Gasteiger partial charge in [0.25, 0.3) is 0 Å². The van der Waals surface area contributed by atoms with E-state index >= 15 is 0 Å². The minimum absolute atomic E-state index is 0.0330. The van der Waals surface area contributed by atoms with Gasteiger partial charge in [-0.2, -0.15) is 0 Å². The molecule has 1 aromatic carbocycles. The van der Waals surface area contributed by atoms with Crippen molar-refractivity contribution in [1.82, 2.24) is 10.2 Å². The van der Waals surface area contributed by atoms with Crippen molar-refractivity contribution in [3.05, 3.63) is 23.8 Å². The van der Waals surface area contributed by atoms with Crippen LogP contribution >= 0.6 is 0 Å². The Morgan fingerprint density at radius 2 is 2.16 bits per heavy atom. The van der Waals surface area contributed by atoms with Gasteiger partial charge in [0, 0.05) is 26.1 Å². The highest BCUT2D eigenvalue weighted by molar-refractivity contribution is 5.89. The number of carbonyl (C=O) groups is 2. The number of nitrogens with zero attached hydrogens (tertiary/aromatic N) is 1. The molecule has 0 aliphatic carbocycles. The van der Waals surface area contributed by atoms with Gasteiger partial charge in [-0.05, 0) is 17.7 Å². The van der Waals surface area contributed by atoms with Crippen molar-refractivity contribution in [2.24, 2.45) is 5.92 Å². The summed E-state index contributed by atoms with van der Waals surface area (Å²) in [6.07, 6.45) is 0.216. The number of amides is 2. The highest BCUT2D eigenvalue weighted by Gasteiger charge is 2.34. The first-order valence-corrected chi connectivity index (χ1v) is 8.30. The van der Waals surface area contributed by atoms with E-state index in [-0.39, 0.29) is 44.2 Å². The molecule has 2 heterocycles. The van der Waals surface area contributed by atoms with E-state index in [1.54, 1.807) is 4.90 Å². The maximum Gasteiger partial charge on any atom is 0.231 e. The molecule has 1 fully saturated rings. The summed E-state index contributed by atoms with van der Waals surface area (Å²) in [6.45, 7) is 1.97. The van der Waals surface area contributed by atoms with Crippen LogP contribution < -0.4 is 14.8 Å². The number of hydrogen-bond donors (Lipinski definition) is 2. The number of hydrogen-bond acceptors (Lipinski definition) is 6. The molecule has 3 rings (SSSR count). The molecule has 25 heavy (non-hydrogen) atoms. The molecule has 1 atom stereocenters. The Bertz CT molecular complexity index is 636. The number of fused-ring (bicyclic) bond motifs is 1. The zero-order valence-electron chi connectivity index (χ0n) is 13.9. The summed E-state index contributed by atoms with van der Waals surface area (Å²) in [6, 6.07) is 5.59. The van der Waals surface area contributed by atoms with Gasteiger partial charge in [0.15, 0.2) is 11.5 Å². The van der Waals surface area contributed by atoms with Crippen LogP contribution in [0.3, 0.4) is 0 Å². The highest BCUT2D eigenvalue weighted by atomic mass is 16.7. The third-order valence-corrected chi connectivity index (χ3v) is 4.18. The second-order valence-corrected chi connectivity index (χ2v) is 5.99. The Kier molecular flexibility index (Phi) is 5.72. The number of carbonyl (C=O) groups excluding carboxylic acids is 2. The van der Waals surface area contributed by atoms with Gasteiger partial charge in [-0.1, -0.05) is 6.07 Å². The van der Waals surface area contributed by atoms with Crippen LogP contribution in [0.5, 0.6) is 11.5 Å². The van der Waals surface area contributed by atoms with Crippen LogP contribution in [0.1, 0.15) is 12.0 Å². The standard InChI is InChI=1S/C17H22N2O6/c20-4-6-23-5-3-18-17(22)13-8-16(21)19(10-13)9-12-1-2-14-15(7-12)25-11-24-14/h1-2,7,13,20H,3-6,8-11H2,(H,18,22). The van der Waals surface area contributed by atoms with Crippen LogP contribution in [0.4, 0.5) is 0 Å². The molecule has 2 aliphatic heterocycles. The smallest absolute Gasteiger partial charge is 0.231 e. The molecule has 0 aromatic heterocycles. The van der Waals surface area contributed by atoms with Crippen LogP contribution in [0, 0.1) is 5.92 Å². The Morgan fingerprint density at radius 1 is 1.32 bits per heavy atom.